The highest BCUT2D eigenvalue weighted by molar-refractivity contribution is 7.14. The van der Waals surface area contributed by atoms with Crippen LogP contribution in [0.1, 0.15) is 36.9 Å². The van der Waals surface area contributed by atoms with Crippen molar-refractivity contribution < 1.29 is 14.7 Å². The van der Waals surface area contributed by atoms with E-state index in [0.29, 0.717) is 10.6 Å². The first-order chi connectivity index (χ1) is 9.65. The molecular formula is C15H13NO3S. The Hall–Kier alpha value is -2.14. The number of carbonyl (C=O) groups is 2. The van der Waals surface area contributed by atoms with Crippen molar-refractivity contribution in [1.29, 1.82) is 0 Å². The average Bonchev–Trinajstić information content (AvgIpc) is 2.99. The molecule has 0 bridgehead atoms. The standard InChI is InChI=1S/C15H13NO3S/c17-14(13-8-9-4-3-7-12(9)20-13)16-11-6-2-1-5-10(11)15(18)19/h1-2,5-6,8H,3-4,7H2,(H,16,17)(H,18,19). The Labute approximate surface area is 120 Å². The number of thiophene rings is 1. The first-order valence-electron chi connectivity index (χ1n) is 6.40. The molecule has 1 aromatic carbocycles. The Morgan fingerprint density at radius 3 is 2.75 bits per heavy atom. The van der Waals surface area contributed by atoms with Gasteiger partial charge in [0.05, 0.1) is 16.1 Å². The van der Waals surface area contributed by atoms with Gasteiger partial charge in [-0.1, -0.05) is 12.1 Å². The van der Waals surface area contributed by atoms with Crippen LogP contribution in [0.2, 0.25) is 0 Å². The molecule has 102 valence electrons. The molecule has 0 saturated heterocycles. The molecule has 0 aliphatic heterocycles. The smallest absolute Gasteiger partial charge is 0.337 e. The van der Waals surface area contributed by atoms with Crippen molar-refractivity contribution in [3.05, 3.63) is 51.2 Å². The predicted octanol–water partition coefficient (Wildman–Crippen LogP) is 3.19. The monoisotopic (exact) mass is 287 g/mol. The number of nitrogens with one attached hydrogen (secondary N) is 1. The molecule has 0 fully saturated rings. The Kier molecular flexibility index (Phi) is 3.28. The topological polar surface area (TPSA) is 66.4 Å². The summed E-state index contributed by atoms with van der Waals surface area (Å²) >= 11 is 1.50. The lowest BCUT2D eigenvalue weighted by molar-refractivity contribution is 0.0698. The summed E-state index contributed by atoms with van der Waals surface area (Å²) in [5, 5.41) is 11.8. The third kappa shape index (κ3) is 2.32. The van der Waals surface area contributed by atoms with Gasteiger partial charge in [0.15, 0.2) is 0 Å². The number of hydrogen-bond donors (Lipinski definition) is 2. The van der Waals surface area contributed by atoms with Gasteiger partial charge in [0, 0.05) is 4.88 Å². The van der Waals surface area contributed by atoms with Gasteiger partial charge in [-0.3, -0.25) is 4.79 Å². The predicted molar refractivity (Wildman–Crippen MR) is 77.7 cm³/mol. The summed E-state index contributed by atoms with van der Waals surface area (Å²) in [5.74, 6) is -1.28. The Morgan fingerprint density at radius 2 is 2.00 bits per heavy atom. The maximum Gasteiger partial charge on any atom is 0.337 e. The molecule has 0 atom stereocenters. The van der Waals surface area contributed by atoms with Crippen molar-refractivity contribution >= 4 is 28.9 Å². The second kappa shape index (κ2) is 5.09. The molecule has 0 saturated carbocycles. The van der Waals surface area contributed by atoms with E-state index in [4.69, 9.17) is 5.11 Å². The Balaban J connectivity index is 1.84. The van der Waals surface area contributed by atoms with Gasteiger partial charge in [-0.05, 0) is 43.0 Å². The van der Waals surface area contributed by atoms with Crippen LogP contribution in [0.3, 0.4) is 0 Å². The molecule has 3 rings (SSSR count). The maximum absolute atomic E-state index is 12.2. The minimum Gasteiger partial charge on any atom is -0.478 e. The molecule has 1 aliphatic rings. The molecule has 1 aromatic heterocycles. The highest BCUT2D eigenvalue weighted by Crippen LogP contribution is 2.31. The molecule has 2 N–H and O–H groups in total. The van der Waals surface area contributed by atoms with Crippen molar-refractivity contribution in [2.24, 2.45) is 0 Å². The van der Waals surface area contributed by atoms with Crippen LogP contribution < -0.4 is 5.32 Å². The average molecular weight is 287 g/mol. The zero-order valence-corrected chi connectivity index (χ0v) is 11.5. The Bertz CT molecular complexity index is 669. The van der Waals surface area contributed by atoms with E-state index in [1.165, 1.54) is 27.8 Å². The number of hydrogen-bond acceptors (Lipinski definition) is 3. The third-order valence-electron chi connectivity index (χ3n) is 3.38. The summed E-state index contributed by atoms with van der Waals surface area (Å²) in [7, 11) is 0. The number of amides is 1. The van der Waals surface area contributed by atoms with Gasteiger partial charge < -0.3 is 10.4 Å². The minimum atomic E-state index is -1.05. The lowest BCUT2D eigenvalue weighted by Gasteiger charge is -2.06. The molecule has 20 heavy (non-hydrogen) atoms. The van der Waals surface area contributed by atoms with Gasteiger partial charge in [-0.25, -0.2) is 4.79 Å². The zero-order chi connectivity index (χ0) is 14.1. The molecule has 0 spiro atoms. The van der Waals surface area contributed by atoms with Crippen LogP contribution >= 0.6 is 11.3 Å². The fraction of sp³-hybridized carbons (Fsp3) is 0.200. The van der Waals surface area contributed by atoms with Crippen molar-refractivity contribution in [1.82, 2.24) is 0 Å². The largest absolute Gasteiger partial charge is 0.478 e. The number of carboxylic acid groups (broad SMARTS) is 1. The summed E-state index contributed by atoms with van der Waals surface area (Å²) in [4.78, 5) is 25.2. The van der Waals surface area contributed by atoms with Crippen LogP contribution in [0.4, 0.5) is 5.69 Å². The van der Waals surface area contributed by atoms with E-state index < -0.39 is 5.97 Å². The maximum atomic E-state index is 12.2. The van der Waals surface area contributed by atoms with E-state index in [1.807, 2.05) is 6.07 Å². The van der Waals surface area contributed by atoms with Gasteiger partial charge in [0.2, 0.25) is 0 Å². The summed E-state index contributed by atoms with van der Waals surface area (Å²) in [6.45, 7) is 0. The van der Waals surface area contributed by atoms with Crippen LogP contribution in [0.15, 0.2) is 30.3 Å². The summed E-state index contributed by atoms with van der Waals surface area (Å²) < 4.78 is 0. The molecule has 4 nitrogen and oxygen atoms in total. The van der Waals surface area contributed by atoms with Crippen molar-refractivity contribution in [2.45, 2.75) is 19.3 Å². The van der Waals surface area contributed by atoms with E-state index in [-0.39, 0.29) is 11.5 Å². The number of aryl methyl sites for hydroxylation is 2. The molecule has 5 heteroatoms. The number of aromatic carboxylic acids is 1. The fourth-order valence-electron chi connectivity index (χ4n) is 2.40. The quantitative estimate of drug-likeness (QED) is 0.911. The molecule has 0 unspecified atom stereocenters. The molecule has 1 heterocycles. The molecule has 0 radical (unpaired) electrons. The number of carboxylic acids is 1. The Morgan fingerprint density at radius 1 is 1.20 bits per heavy atom. The van der Waals surface area contributed by atoms with E-state index in [1.54, 1.807) is 18.2 Å². The van der Waals surface area contributed by atoms with Gasteiger partial charge in [-0.2, -0.15) is 0 Å². The van der Waals surface area contributed by atoms with Crippen LogP contribution in [0.25, 0.3) is 0 Å². The zero-order valence-electron chi connectivity index (χ0n) is 10.7. The molecule has 1 aliphatic carbocycles. The lowest BCUT2D eigenvalue weighted by atomic mass is 10.1. The summed E-state index contributed by atoms with van der Waals surface area (Å²) in [6.07, 6.45) is 3.23. The fourth-order valence-corrected chi connectivity index (χ4v) is 3.55. The number of carbonyl (C=O) groups excluding carboxylic acids is 1. The van der Waals surface area contributed by atoms with Gasteiger partial charge >= 0.3 is 5.97 Å². The van der Waals surface area contributed by atoms with Crippen LogP contribution in [-0.2, 0) is 12.8 Å². The second-order valence-electron chi connectivity index (χ2n) is 4.72. The minimum absolute atomic E-state index is 0.102. The number of anilines is 1. The lowest BCUT2D eigenvalue weighted by Crippen LogP contribution is -2.13. The normalized spacial score (nSPS) is 13.0. The first kappa shape index (κ1) is 12.9. The first-order valence-corrected chi connectivity index (χ1v) is 7.22. The van der Waals surface area contributed by atoms with Crippen molar-refractivity contribution in [3.8, 4) is 0 Å². The molecular weight excluding hydrogens is 274 g/mol. The SMILES string of the molecule is O=C(Nc1ccccc1C(=O)O)c1cc2c(s1)CCC2. The van der Waals surface area contributed by atoms with Gasteiger partial charge in [0.1, 0.15) is 0 Å². The van der Waals surface area contributed by atoms with Gasteiger partial charge in [0.25, 0.3) is 5.91 Å². The van der Waals surface area contributed by atoms with E-state index in [2.05, 4.69) is 5.32 Å². The van der Waals surface area contributed by atoms with E-state index in [9.17, 15) is 9.59 Å². The van der Waals surface area contributed by atoms with Crippen LogP contribution in [-0.4, -0.2) is 17.0 Å². The number of benzene rings is 1. The molecule has 1 amide bonds. The van der Waals surface area contributed by atoms with Crippen LogP contribution in [0.5, 0.6) is 0 Å². The highest BCUT2D eigenvalue weighted by Gasteiger charge is 2.19. The summed E-state index contributed by atoms with van der Waals surface area (Å²) in [6, 6.07) is 8.34. The number of fused-ring (bicyclic) bond motifs is 1. The van der Waals surface area contributed by atoms with Crippen LogP contribution in [0, 0.1) is 0 Å². The van der Waals surface area contributed by atoms with E-state index in [0.717, 1.165) is 19.3 Å². The second-order valence-corrected chi connectivity index (χ2v) is 5.85. The number of para-hydroxylation sites is 1. The highest BCUT2D eigenvalue weighted by atomic mass is 32.1. The molecule has 2 aromatic rings. The third-order valence-corrected chi connectivity index (χ3v) is 4.61. The summed E-state index contributed by atoms with van der Waals surface area (Å²) in [5.41, 5.74) is 1.69. The van der Waals surface area contributed by atoms with Crippen molar-refractivity contribution in [3.63, 3.8) is 0 Å². The van der Waals surface area contributed by atoms with E-state index >= 15 is 0 Å². The van der Waals surface area contributed by atoms with Crippen molar-refractivity contribution in [2.75, 3.05) is 5.32 Å². The number of rotatable bonds is 3. The van der Waals surface area contributed by atoms with Gasteiger partial charge in [-0.15, -0.1) is 11.3 Å².